The molecule has 0 unspecified atom stereocenters. The molecule has 0 bridgehead atoms. The van der Waals surface area contributed by atoms with Gasteiger partial charge in [-0.1, -0.05) is 12.1 Å². The summed E-state index contributed by atoms with van der Waals surface area (Å²) in [6.07, 6.45) is -0.653. The molecule has 0 aromatic heterocycles. The lowest BCUT2D eigenvalue weighted by Crippen LogP contribution is -2.54. The molecule has 0 radical (unpaired) electrons. The second-order valence-electron chi connectivity index (χ2n) is 6.17. The van der Waals surface area contributed by atoms with Crippen LogP contribution in [0.25, 0.3) is 0 Å². The molecule has 24 heavy (non-hydrogen) atoms. The highest BCUT2D eigenvalue weighted by Gasteiger charge is 2.62. The van der Waals surface area contributed by atoms with Gasteiger partial charge >= 0.3 is 5.97 Å². The molecule has 5 nitrogen and oxygen atoms in total. The van der Waals surface area contributed by atoms with E-state index >= 15 is 0 Å². The van der Waals surface area contributed by atoms with Gasteiger partial charge in [-0.15, -0.1) is 0 Å². The standard InChI is InChI=1S/C16H16F3NO4/c17-11-3-1-2-4-12(11)24-15(14(22)23)5-7-20(8-6-15)13(21)10-9-16(10,18)19/h1-4,10H,5-9H2,(H,22,23)/t10-/m1/s1. The third-order valence-electron chi connectivity index (χ3n) is 4.54. The average Bonchev–Trinajstić information content (AvgIpc) is 3.18. The van der Waals surface area contributed by atoms with E-state index < -0.39 is 41.6 Å². The van der Waals surface area contributed by atoms with Gasteiger partial charge in [-0.2, -0.15) is 0 Å². The average molecular weight is 343 g/mol. The molecule has 1 N–H and O–H groups in total. The van der Waals surface area contributed by atoms with Crippen LogP contribution in [0.3, 0.4) is 0 Å². The molecular weight excluding hydrogens is 327 g/mol. The first-order valence-corrected chi connectivity index (χ1v) is 7.59. The van der Waals surface area contributed by atoms with Gasteiger partial charge < -0.3 is 14.7 Å². The minimum absolute atomic E-state index is 0.0217. The van der Waals surface area contributed by atoms with E-state index in [4.69, 9.17) is 4.74 Å². The summed E-state index contributed by atoms with van der Waals surface area (Å²) in [7, 11) is 0. The number of carboxylic acid groups (broad SMARTS) is 1. The van der Waals surface area contributed by atoms with Gasteiger partial charge in [0.1, 0.15) is 5.92 Å². The van der Waals surface area contributed by atoms with E-state index in [0.29, 0.717) is 0 Å². The number of benzene rings is 1. The van der Waals surface area contributed by atoms with Crippen molar-refractivity contribution in [3.8, 4) is 5.75 Å². The van der Waals surface area contributed by atoms with Gasteiger partial charge in [0.15, 0.2) is 11.6 Å². The zero-order valence-electron chi connectivity index (χ0n) is 12.7. The van der Waals surface area contributed by atoms with E-state index in [0.717, 1.165) is 6.07 Å². The summed E-state index contributed by atoms with van der Waals surface area (Å²) in [5.41, 5.74) is -1.68. The van der Waals surface area contributed by atoms with Crippen molar-refractivity contribution in [2.24, 2.45) is 5.92 Å². The van der Waals surface area contributed by atoms with Crippen molar-refractivity contribution >= 4 is 11.9 Å². The summed E-state index contributed by atoms with van der Waals surface area (Å²) in [6.45, 7) is -0.0433. The Balaban J connectivity index is 1.70. The predicted octanol–water partition coefficient (Wildman–Crippen LogP) is 2.31. The highest BCUT2D eigenvalue weighted by molar-refractivity contribution is 5.84. The van der Waals surface area contributed by atoms with Crippen LogP contribution < -0.4 is 4.74 Å². The van der Waals surface area contributed by atoms with Crippen LogP contribution in [-0.2, 0) is 9.59 Å². The molecule has 1 amide bonds. The summed E-state index contributed by atoms with van der Waals surface area (Å²) in [6, 6.07) is 5.44. The number of aliphatic carboxylic acids is 1. The van der Waals surface area contributed by atoms with Gasteiger partial charge in [0.25, 0.3) is 5.92 Å². The topological polar surface area (TPSA) is 66.8 Å². The third-order valence-corrected chi connectivity index (χ3v) is 4.54. The Kier molecular flexibility index (Phi) is 3.93. The Morgan fingerprint density at radius 2 is 1.79 bits per heavy atom. The molecule has 2 fully saturated rings. The summed E-state index contributed by atoms with van der Waals surface area (Å²) in [5.74, 6) is -7.06. The molecule has 8 heteroatoms. The number of likely N-dealkylation sites (tertiary alicyclic amines) is 1. The molecule has 1 heterocycles. The molecule has 3 rings (SSSR count). The number of halogens is 3. The molecule has 130 valence electrons. The lowest BCUT2D eigenvalue weighted by molar-refractivity contribution is -0.162. The number of para-hydroxylation sites is 1. The maximum absolute atomic E-state index is 13.7. The smallest absolute Gasteiger partial charge is 0.348 e. The fraction of sp³-hybridized carbons (Fsp3) is 0.500. The SMILES string of the molecule is O=C([C@H]1CC1(F)F)N1CCC(Oc2ccccc2F)(C(=O)O)CC1. The summed E-state index contributed by atoms with van der Waals surface area (Å²) in [5, 5.41) is 9.50. The van der Waals surface area contributed by atoms with Crippen molar-refractivity contribution < 1.29 is 32.6 Å². The van der Waals surface area contributed by atoms with Crippen LogP contribution in [0, 0.1) is 11.7 Å². The van der Waals surface area contributed by atoms with Crippen molar-refractivity contribution in [1.82, 2.24) is 4.90 Å². The van der Waals surface area contributed by atoms with Crippen LogP contribution in [0.2, 0.25) is 0 Å². The van der Waals surface area contributed by atoms with E-state index in [2.05, 4.69) is 0 Å². The fourth-order valence-corrected chi connectivity index (χ4v) is 2.89. The Bertz CT molecular complexity index is 671. The molecule has 1 aromatic carbocycles. The highest BCUT2D eigenvalue weighted by atomic mass is 19.3. The number of carbonyl (C=O) groups is 2. The maximum atomic E-state index is 13.7. The van der Waals surface area contributed by atoms with Gasteiger partial charge in [0.05, 0.1) is 0 Å². The lowest BCUT2D eigenvalue weighted by Gasteiger charge is -2.39. The predicted molar refractivity (Wildman–Crippen MR) is 76.3 cm³/mol. The van der Waals surface area contributed by atoms with E-state index in [-0.39, 0.29) is 31.7 Å². The molecule has 1 atom stereocenters. The quantitative estimate of drug-likeness (QED) is 0.911. The number of alkyl halides is 2. The number of ether oxygens (including phenoxy) is 1. The van der Waals surface area contributed by atoms with Crippen molar-refractivity contribution in [2.45, 2.75) is 30.8 Å². The second kappa shape index (κ2) is 5.68. The minimum atomic E-state index is -2.96. The zero-order chi connectivity index (χ0) is 17.5. The summed E-state index contributed by atoms with van der Waals surface area (Å²) < 4.78 is 45.1. The first-order valence-electron chi connectivity index (χ1n) is 7.59. The van der Waals surface area contributed by atoms with Gasteiger partial charge in [-0.05, 0) is 12.1 Å². The Morgan fingerprint density at radius 1 is 1.21 bits per heavy atom. The fourth-order valence-electron chi connectivity index (χ4n) is 2.89. The van der Waals surface area contributed by atoms with Crippen LogP contribution in [0.5, 0.6) is 5.75 Å². The van der Waals surface area contributed by atoms with Crippen LogP contribution >= 0.6 is 0 Å². The Hall–Kier alpha value is -2.25. The lowest BCUT2D eigenvalue weighted by atomic mass is 9.90. The van der Waals surface area contributed by atoms with E-state index in [1.54, 1.807) is 0 Å². The Labute approximate surface area is 136 Å². The number of hydrogen-bond donors (Lipinski definition) is 1. The summed E-state index contributed by atoms with van der Waals surface area (Å²) >= 11 is 0. The third kappa shape index (κ3) is 2.92. The minimum Gasteiger partial charge on any atom is -0.478 e. The molecule has 2 aliphatic rings. The van der Waals surface area contributed by atoms with Gasteiger partial charge in [0.2, 0.25) is 11.5 Å². The number of amides is 1. The van der Waals surface area contributed by atoms with E-state index in [9.17, 15) is 27.9 Å². The van der Waals surface area contributed by atoms with Crippen LogP contribution in [-0.4, -0.2) is 46.5 Å². The van der Waals surface area contributed by atoms with Gasteiger partial charge in [0, 0.05) is 32.4 Å². The molecule has 1 aromatic rings. The van der Waals surface area contributed by atoms with Crippen molar-refractivity contribution in [2.75, 3.05) is 13.1 Å². The molecule has 0 spiro atoms. The number of hydrogen-bond acceptors (Lipinski definition) is 3. The summed E-state index contributed by atoms with van der Waals surface area (Å²) in [4.78, 5) is 24.8. The first-order chi connectivity index (χ1) is 11.3. The number of rotatable bonds is 4. The molecular formula is C16H16F3NO4. The van der Waals surface area contributed by atoms with Crippen LogP contribution in [0.1, 0.15) is 19.3 Å². The van der Waals surface area contributed by atoms with Gasteiger partial charge in [-0.3, -0.25) is 4.79 Å². The number of nitrogens with zero attached hydrogens (tertiary/aromatic N) is 1. The normalized spacial score (nSPS) is 24.3. The van der Waals surface area contributed by atoms with Crippen LogP contribution in [0.4, 0.5) is 13.2 Å². The zero-order valence-corrected chi connectivity index (χ0v) is 12.7. The number of carbonyl (C=O) groups excluding carboxylic acids is 1. The number of carboxylic acids is 1. The largest absolute Gasteiger partial charge is 0.478 e. The molecule has 1 aliphatic heterocycles. The molecule has 1 saturated carbocycles. The van der Waals surface area contributed by atoms with Crippen molar-refractivity contribution in [3.05, 3.63) is 30.1 Å². The van der Waals surface area contributed by atoms with E-state index in [1.807, 2.05) is 0 Å². The van der Waals surface area contributed by atoms with Gasteiger partial charge in [-0.25, -0.2) is 18.0 Å². The molecule has 1 saturated heterocycles. The first kappa shape index (κ1) is 16.6. The maximum Gasteiger partial charge on any atom is 0.348 e. The Morgan fingerprint density at radius 3 is 2.29 bits per heavy atom. The monoisotopic (exact) mass is 343 g/mol. The highest BCUT2D eigenvalue weighted by Crippen LogP contribution is 2.50. The van der Waals surface area contributed by atoms with E-state index in [1.165, 1.54) is 23.1 Å². The van der Waals surface area contributed by atoms with Crippen molar-refractivity contribution in [1.29, 1.82) is 0 Å². The molecule has 1 aliphatic carbocycles. The second-order valence-corrected chi connectivity index (χ2v) is 6.17. The van der Waals surface area contributed by atoms with Crippen LogP contribution in [0.15, 0.2) is 24.3 Å². The van der Waals surface area contributed by atoms with Crippen molar-refractivity contribution in [3.63, 3.8) is 0 Å². The number of piperidine rings is 1.